The van der Waals surface area contributed by atoms with Crippen LogP contribution in [0.1, 0.15) is 27.7 Å². The van der Waals surface area contributed by atoms with Gasteiger partial charge in [0.1, 0.15) is 11.5 Å². The molecule has 0 aliphatic heterocycles. The van der Waals surface area contributed by atoms with Crippen LogP contribution in [0.5, 0.6) is 0 Å². The Bertz CT molecular complexity index is 621. The van der Waals surface area contributed by atoms with Crippen LogP contribution in [0.2, 0.25) is 0 Å². The Morgan fingerprint density at radius 1 is 1.23 bits per heavy atom. The number of methoxy groups -OCH3 is 1. The second-order valence-corrected chi connectivity index (χ2v) is 5.01. The quantitative estimate of drug-likeness (QED) is 0.822. The average molecular weight is 303 g/mol. The van der Waals surface area contributed by atoms with Crippen molar-refractivity contribution in [1.82, 2.24) is 24.8 Å². The van der Waals surface area contributed by atoms with Crippen molar-refractivity contribution in [3.63, 3.8) is 0 Å². The molecule has 0 aromatic carbocycles. The van der Waals surface area contributed by atoms with Crippen molar-refractivity contribution in [1.29, 1.82) is 0 Å². The number of carbonyl (C=O) groups excluding carboxylic acids is 1. The van der Waals surface area contributed by atoms with E-state index in [1.165, 1.54) is 6.20 Å². The zero-order chi connectivity index (χ0) is 15.9. The first-order valence-electron chi connectivity index (χ1n) is 7.18. The van der Waals surface area contributed by atoms with Gasteiger partial charge in [-0.1, -0.05) is 0 Å². The summed E-state index contributed by atoms with van der Waals surface area (Å²) in [7, 11) is 1.68. The van der Waals surface area contributed by atoms with E-state index in [9.17, 15) is 4.79 Å². The largest absolute Gasteiger partial charge is 0.383 e. The summed E-state index contributed by atoms with van der Waals surface area (Å²) >= 11 is 0. The molecule has 2 aromatic heterocycles. The molecule has 0 radical (unpaired) electrons. The number of imidazole rings is 1. The number of nitrogens with zero attached hydrogens (tertiary/aromatic N) is 4. The highest BCUT2D eigenvalue weighted by Gasteiger charge is 2.09. The molecule has 0 fully saturated rings. The predicted octanol–water partition coefficient (Wildman–Crippen LogP) is 0.909. The van der Waals surface area contributed by atoms with E-state index in [1.807, 2.05) is 20.0 Å². The number of ether oxygens (including phenoxy) is 1. The fourth-order valence-corrected chi connectivity index (χ4v) is 2.09. The van der Waals surface area contributed by atoms with E-state index in [0.29, 0.717) is 25.3 Å². The minimum absolute atomic E-state index is 0.223. The Balaban J connectivity index is 1.88. The number of hydrogen-bond donors (Lipinski definition) is 1. The van der Waals surface area contributed by atoms with E-state index in [0.717, 1.165) is 23.8 Å². The van der Waals surface area contributed by atoms with Crippen LogP contribution in [0, 0.1) is 13.8 Å². The van der Waals surface area contributed by atoms with Gasteiger partial charge in [-0.15, -0.1) is 0 Å². The number of aryl methyl sites for hydroxylation is 2. The average Bonchev–Trinajstić information content (AvgIpc) is 2.86. The van der Waals surface area contributed by atoms with E-state index >= 15 is 0 Å². The summed E-state index contributed by atoms with van der Waals surface area (Å²) in [5, 5.41) is 2.83. The maximum absolute atomic E-state index is 11.9. The van der Waals surface area contributed by atoms with E-state index in [-0.39, 0.29) is 5.91 Å². The molecule has 0 saturated heterocycles. The first-order chi connectivity index (χ1) is 10.6. The third kappa shape index (κ3) is 4.11. The second-order valence-electron chi connectivity index (χ2n) is 5.01. The van der Waals surface area contributed by atoms with Gasteiger partial charge in [0.25, 0.3) is 5.91 Å². The number of nitrogens with one attached hydrogen (secondary N) is 1. The van der Waals surface area contributed by atoms with Crippen molar-refractivity contribution < 1.29 is 9.53 Å². The fraction of sp³-hybridized carbons (Fsp3) is 0.467. The Morgan fingerprint density at radius 2 is 2.05 bits per heavy atom. The molecular formula is C15H21N5O2. The van der Waals surface area contributed by atoms with E-state index in [2.05, 4.69) is 24.8 Å². The molecular weight excluding hydrogens is 282 g/mol. The van der Waals surface area contributed by atoms with Gasteiger partial charge in [-0.05, 0) is 13.8 Å². The normalized spacial score (nSPS) is 10.7. The molecule has 0 unspecified atom stereocenters. The SMILES string of the molecule is COCCn1c(C)cnc1CCNC(=O)c1cnc(C)cn1. The lowest BCUT2D eigenvalue weighted by Gasteiger charge is -2.10. The van der Waals surface area contributed by atoms with Crippen LogP contribution in [0.15, 0.2) is 18.6 Å². The molecule has 118 valence electrons. The summed E-state index contributed by atoms with van der Waals surface area (Å²) in [5.74, 6) is 0.712. The summed E-state index contributed by atoms with van der Waals surface area (Å²) in [4.78, 5) is 24.4. The first-order valence-corrected chi connectivity index (χ1v) is 7.18. The zero-order valence-corrected chi connectivity index (χ0v) is 13.2. The number of aromatic nitrogens is 4. The van der Waals surface area contributed by atoms with Crippen molar-refractivity contribution in [2.45, 2.75) is 26.8 Å². The van der Waals surface area contributed by atoms with E-state index in [1.54, 1.807) is 13.3 Å². The topological polar surface area (TPSA) is 81.9 Å². The highest BCUT2D eigenvalue weighted by atomic mass is 16.5. The maximum atomic E-state index is 11.9. The van der Waals surface area contributed by atoms with Crippen LogP contribution in [0.25, 0.3) is 0 Å². The van der Waals surface area contributed by atoms with Gasteiger partial charge < -0.3 is 14.6 Å². The molecule has 2 rings (SSSR count). The van der Waals surface area contributed by atoms with Crippen molar-refractivity contribution in [2.24, 2.45) is 0 Å². The third-order valence-corrected chi connectivity index (χ3v) is 3.30. The van der Waals surface area contributed by atoms with Gasteiger partial charge in [-0.25, -0.2) is 9.97 Å². The van der Waals surface area contributed by atoms with Crippen LogP contribution in [-0.4, -0.2) is 45.7 Å². The Morgan fingerprint density at radius 3 is 2.73 bits per heavy atom. The Kier molecular flexibility index (Phi) is 5.60. The van der Waals surface area contributed by atoms with Gasteiger partial charge in [0.15, 0.2) is 0 Å². The molecule has 1 N–H and O–H groups in total. The van der Waals surface area contributed by atoms with Gasteiger partial charge >= 0.3 is 0 Å². The summed E-state index contributed by atoms with van der Waals surface area (Å²) in [6.07, 6.45) is 5.55. The molecule has 0 aliphatic rings. The molecule has 7 heteroatoms. The van der Waals surface area contributed by atoms with Crippen molar-refractivity contribution in [3.05, 3.63) is 41.5 Å². The van der Waals surface area contributed by atoms with Gasteiger partial charge in [0.05, 0.1) is 18.5 Å². The smallest absolute Gasteiger partial charge is 0.271 e. The summed E-state index contributed by atoms with van der Waals surface area (Å²) < 4.78 is 7.20. The van der Waals surface area contributed by atoms with Crippen molar-refractivity contribution in [2.75, 3.05) is 20.3 Å². The lowest BCUT2D eigenvalue weighted by Crippen LogP contribution is -2.27. The summed E-state index contributed by atoms with van der Waals surface area (Å²) in [6.45, 7) is 5.73. The molecule has 2 heterocycles. The Labute approximate surface area is 129 Å². The van der Waals surface area contributed by atoms with Crippen LogP contribution in [0.3, 0.4) is 0 Å². The van der Waals surface area contributed by atoms with E-state index < -0.39 is 0 Å². The molecule has 0 bridgehead atoms. The monoisotopic (exact) mass is 303 g/mol. The molecule has 7 nitrogen and oxygen atoms in total. The lowest BCUT2D eigenvalue weighted by atomic mass is 10.3. The minimum atomic E-state index is -0.223. The van der Waals surface area contributed by atoms with E-state index in [4.69, 9.17) is 4.74 Å². The summed E-state index contributed by atoms with van der Waals surface area (Å²) in [6, 6.07) is 0. The molecule has 0 atom stereocenters. The zero-order valence-electron chi connectivity index (χ0n) is 13.2. The first kappa shape index (κ1) is 16.1. The fourth-order valence-electron chi connectivity index (χ4n) is 2.09. The molecule has 0 aliphatic carbocycles. The van der Waals surface area contributed by atoms with Gasteiger partial charge in [0.2, 0.25) is 0 Å². The highest BCUT2D eigenvalue weighted by molar-refractivity contribution is 5.91. The number of rotatable bonds is 7. The van der Waals surface area contributed by atoms with Crippen LogP contribution in [-0.2, 0) is 17.7 Å². The summed E-state index contributed by atoms with van der Waals surface area (Å²) in [5.41, 5.74) is 2.19. The highest BCUT2D eigenvalue weighted by Crippen LogP contribution is 2.05. The van der Waals surface area contributed by atoms with Crippen LogP contribution < -0.4 is 5.32 Å². The second kappa shape index (κ2) is 7.65. The van der Waals surface area contributed by atoms with Crippen LogP contribution >= 0.6 is 0 Å². The molecule has 22 heavy (non-hydrogen) atoms. The lowest BCUT2D eigenvalue weighted by molar-refractivity contribution is 0.0948. The van der Waals surface area contributed by atoms with Gasteiger partial charge in [-0.3, -0.25) is 9.78 Å². The van der Waals surface area contributed by atoms with Gasteiger partial charge in [-0.2, -0.15) is 0 Å². The minimum Gasteiger partial charge on any atom is -0.383 e. The molecule has 0 saturated carbocycles. The standard InChI is InChI=1S/C15H21N5O2/c1-11-8-18-13(10-17-11)15(21)16-5-4-14-19-9-12(2)20(14)6-7-22-3/h8-10H,4-7H2,1-3H3,(H,16,21). The molecule has 0 spiro atoms. The molecule has 2 aromatic rings. The van der Waals surface area contributed by atoms with Crippen LogP contribution in [0.4, 0.5) is 0 Å². The number of amides is 1. The maximum Gasteiger partial charge on any atom is 0.271 e. The number of hydrogen-bond acceptors (Lipinski definition) is 5. The number of carbonyl (C=O) groups is 1. The predicted molar refractivity (Wildman–Crippen MR) is 81.6 cm³/mol. The van der Waals surface area contributed by atoms with Crippen molar-refractivity contribution in [3.8, 4) is 0 Å². The molecule has 1 amide bonds. The Hall–Kier alpha value is -2.28. The third-order valence-electron chi connectivity index (χ3n) is 3.30. The van der Waals surface area contributed by atoms with Crippen molar-refractivity contribution >= 4 is 5.91 Å². The van der Waals surface area contributed by atoms with Gasteiger partial charge in [0, 0.05) is 44.7 Å².